The molecule has 0 saturated heterocycles. The van der Waals surface area contributed by atoms with Crippen LogP contribution < -0.4 is 0 Å². The molecule has 0 saturated carbocycles. The maximum atomic E-state index is 3.25. The van der Waals surface area contributed by atoms with Crippen molar-refractivity contribution >= 4 is 0 Å². The SMILES string of the molecule is Cc1ccc(C#Cc2ccc(C(C)CCC(C)C)cc2)cc1. The van der Waals surface area contributed by atoms with Crippen molar-refractivity contribution in [1.29, 1.82) is 0 Å². The molecule has 0 heterocycles. The molecule has 0 spiro atoms. The lowest BCUT2D eigenvalue weighted by Crippen LogP contribution is -1.96. The zero-order valence-corrected chi connectivity index (χ0v) is 14.2. The first-order chi connectivity index (χ1) is 10.5. The Morgan fingerprint density at radius 3 is 1.73 bits per heavy atom. The Morgan fingerprint density at radius 2 is 1.23 bits per heavy atom. The number of hydrogen-bond acceptors (Lipinski definition) is 0. The molecule has 0 aliphatic rings. The second kappa shape index (κ2) is 7.85. The molecule has 0 fully saturated rings. The Labute approximate surface area is 135 Å². The Kier molecular flexibility index (Phi) is 5.84. The zero-order valence-electron chi connectivity index (χ0n) is 14.2. The van der Waals surface area contributed by atoms with Gasteiger partial charge in [0.25, 0.3) is 0 Å². The van der Waals surface area contributed by atoms with Gasteiger partial charge >= 0.3 is 0 Å². The van der Waals surface area contributed by atoms with Gasteiger partial charge in [0.1, 0.15) is 0 Å². The minimum atomic E-state index is 0.626. The molecule has 1 unspecified atom stereocenters. The Bertz CT molecular complexity index is 633. The smallest absolute Gasteiger partial charge is 0.0249 e. The molecule has 114 valence electrons. The van der Waals surface area contributed by atoms with Gasteiger partial charge in [0.15, 0.2) is 0 Å². The molecule has 0 amide bonds. The van der Waals surface area contributed by atoms with Crippen LogP contribution in [0.3, 0.4) is 0 Å². The van der Waals surface area contributed by atoms with Gasteiger partial charge in [-0.1, -0.05) is 68.9 Å². The van der Waals surface area contributed by atoms with Crippen LogP contribution >= 0.6 is 0 Å². The lowest BCUT2D eigenvalue weighted by Gasteiger charge is -2.13. The molecule has 22 heavy (non-hydrogen) atoms. The van der Waals surface area contributed by atoms with Crippen LogP contribution in [0.1, 0.15) is 61.8 Å². The van der Waals surface area contributed by atoms with Crippen LogP contribution in [0.2, 0.25) is 0 Å². The molecule has 0 radical (unpaired) electrons. The highest BCUT2D eigenvalue weighted by atomic mass is 14.1. The highest BCUT2D eigenvalue weighted by Crippen LogP contribution is 2.23. The fraction of sp³-hybridized carbons (Fsp3) is 0.364. The number of benzene rings is 2. The summed E-state index contributed by atoms with van der Waals surface area (Å²) in [6.45, 7) is 8.98. The van der Waals surface area contributed by atoms with E-state index in [-0.39, 0.29) is 0 Å². The number of rotatable bonds is 4. The van der Waals surface area contributed by atoms with E-state index in [0.717, 1.165) is 17.0 Å². The summed E-state index contributed by atoms with van der Waals surface area (Å²) in [7, 11) is 0. The quantitative estimate of drug-likeness (QED) is 0.612. The second-order valence-electron chi connectivity index (χ2n) is 6.61. The fourth-order valence-electron chi connectivity index (χ4n) is 2.43. The largest absolute Gasteiger partial charge is 0.0628 e. The predicted molar refractivity (Wildman–Crippen MR) is 96.1 cm³/mol. The second-order valence-corrected chi connectivity index (χ2v) is 6.61. The van der Waals surface area contributed by atoms with Crippen LogP contribution in [0, 0.1) is 24.7 Å². The molecule has 0 aliphatic carbocycles. The molecule has 1 atom stereocenters. The van der Waals surface area contributed by atoms with Crippen LogP contribution in [0.15, 0.2) is 48.5 Å². The summed E-state index contributed by atoms with van der Waals surface area (Å²) in [5.74, 6) is 7.88. The lowest BCUT2D eigenvalue weighted by atomic mass is 9.92. The third kappa shape index (κ3) is 5.08. The van der Waals surface area contributed by atoms with Gasteiger partial charge in [0, 0.05) is 11.1 Å². The first-order valence-electron chi connectivity index (χ1n) is 8.23. The third-order valence-electron chi connectivity index (χ3n) is 4.06. The summed E-state index contributed by atoms with van der Waals surface area (Å²) in [5.41, 5.74) is 4.84. The summed E-state index contributed by atoms with van der Waals surface area (Å²) >= 11 is 0. The van der Waals surface area contributed by atoms with Gasteiger partial charge in [-0.3, -0.25) is 0 Å². The molecular weight excluding hydrogens is 264 g/mol. The van der Waals surface area contributed by atoms with E-state index in [1.807, 2.05) is 0 Å². The summed E-state index contributed by atoms with van der Waals surface area (Å²) in [5, 5.41) is 0. The molecule has 2 rings (SSSR count). The monoisotopic (exact) mass is 290 g/mol. The molecule has 0 aromatic heterocycles. The van der Waals surface area contributed by atoms with Crippen molar-refractivity contribution in [3.05, 3.63) is 70.8 Å². The van der Waals surface area contributed by atoms with Gasteiger partial charge in [-0.25, -0.2) is 0 Å². The van der Waals surface area contributed by atoms with Crippen molar-refractivity contribution in [2.75, 3.05) is 0 Å². The summed E-state index contributed by atoms with van der Waals surface area (Å²) in [6.07, 6.45) is 2.54. The Balaban J connectivity index is 2.01. The van der Waals surface area contributed by atoms with E-state index >= 15 is 0 Å². The standard InChI is InChI=1S/C22H26/c1-17(2)5-8-19(4)22-15-13-21(14-16-22)12-11-20-9-6-18(3)7-10-20/h6-7,9-10,13-17,19H,5,8H2,1-4H3. The van der Waals surface area contributed by atoms with E-state index in [1.54, 1.807) is 0 Å². The summed E-state index contributed by atoms with van der Waals surface area (Å²) in [4.78, 5) is 0. The summed E-state index contributed by atoms with van der Waals surface area (Å²) < 4.78 is 0. The molecule has 0 N–H and O–H groups in total. The van der Waals surface area contributed by atoms with Gasteiger partial charge in [-0.2, -0.15) is 0 Å². The topological polar surface area (TPSA) is 0 Å². The van der Waals surface area contributed by atoms with Gasteiger partial charge in [0.05, 0.1) is 0 Å². The van der Waals surface area contributed by atoms with Gasteiger partial charge in [-0.15, -0.1) is 0 Å². The number of hydrogen-bond donors (Lipinski definition) is 0. The molecule has 2 aromatic rings. The zero-order chi connectivity index (χ0) is 15.9. The van der Waals surface area contributed by atoms with Gasteiger partial charge < -0.3 is 0 Å². The van der Waals surface area contributed by atoms with E-state index in [1.165, 1.54) is 24.0 Å². The average molecular weight is 290 g/mol. The van der Waals surface area contributed by atoms with Crippen LogP contribution in [-0.4, -0.2) is 0 Å². The van der Waals surface area contributed by atoms with Gasteiger partial charge in [0.2, 0.25) is 0 Å². The molecule has 0 aliphatic heterocycles. The number of aryl methyl sites for hydroxylation is 1. The van der Waals surface area contributed by atoms with E-state index in [4.69, 9.17) is 0 Å². The van der Waals surface area contributed by atoms with Gasteiger partial charge in [-0.05, 0) is 55.0 Å². The lowest BCUT2D eigenvalue weighted by molar-refractivity contribution is 0.517. The highest BCUT2D eigenvalue weighted by Gasteiger charge is 2.06. The minimum absolute atomic E-state index is 0.626. The van der Waals surface area contributed by atoms with E-state index < -0.39 is 0 Å². The predicted octanol–water partition coefficient (Wildman–Crippen LogP) is 5.93. The van der Waals surface area contributed by atoms with Crippen molar-refractivity contribution in [3.8, 4) is 11.8 Å². The highest BCUT2D eigenvalue weighted by molar-refractivity contribution is 5.44. The summed E-state index contributed by atoms with van der Waals surface area (Å²) in [6, 6.07) is 17.1. The van der Waals surface area contributed by atoms with E-state index in [0.29, 0.717) is 5.92 Å². The van der Waals surface area contributed by atoms with Crippen LogP contribution in [0.4, 0.5) is 0 Å². The molecule has 0 bridgehead atoms. The van der Waals surface area contributed by atoms with E-state index in [2.05, 4.69) is 88.1 Å². The van der Waals surface area contributed by atoms with Crippen molar-refractivity contribution in [2.24, 2.45) is 5.92 Å². The maximum absolute atomic E-state index is 3.25. The molecule has 0 nitrogen and oxygen atoms in total. The van der Waals surface area contributed by atoms with Crippen molar-refractivity contribution < 1.29 is 0 Å². The van der Waals surface area contributed by atoms with Crippen molar-refractivity contribution in [1.82, 2.24) is 0 Å². The van der Waals surface area contributed by atoms with Crippen LogP contribution in [-0.2, 0) is 0 Å². The molecule has 2 aromatic carbocycles. The fourth-order valence-corrected chi connectivity index (χ4v) is 2.43. The van der Waals surface area contributed by atoms with Crippen LogP contribution in [0.5, 0.6) is 0 Å². The normalized spacial score (nSPS) is 11.9. The Morgan fingerprint density at radius 1 is 0.727 bits per heavy atom. The van der Waals surface area contributed by atoms with Crippen molar-refractivity contribution in [3.63, 3.8) is 0 Å². The first kappa shape index (κ1) is 16.4. The van der Waals surface area contributed by atoms with Crippen molar-refractivity contribution in [2.45, 2.75) is 46.5 Å². The van der Waals surface area contributed by atoms with Crippen LogP contribution in [0.25, 0.3) is 0 Å². The third-order valence-corrected chi connectivity index (χ3v) is 4.06. The average Bonchev–Trinajstić information content (AvgIpc) is 2.52. The first-order valence-corrected chi connectivity index (χ1v) is 8.23. The minimum Gasteiger partial charge on any atom is -0.0628 e. The molecular formula is C22H26. The molecule has 0 heteroatoms. The maximum Gasteiger partial charge on any atom is 0.0249 e. The van der Waals surface area contributed by atoms with E-state index in [9.17, 15) is 0 Å². The Hall–Kier alpha value is -2.00.